The molecule has 6 nitrogen and oxygen atoms in total. The molecule has 2 aromatic rings. The van der Waals surface area contributed by atoms with Crippen molar-refractivity contribution in [1.29, 1.82) is 0 Å². The number of para-hydroxylation sites is 1. The summed E-state index contributed by atoms with van der Waals surface area (Å²) < 4.78 is 6.04. The number of rotatable bonds is 10. The molecule has 0 spiro atoms. The lowest BCUT2D eigenvalue weighted by molar-refractivity contribution is 0.221. The monoisotopic (exact) mass is 531 g/mol. The standard InChI is InChI=1S/C21H33N5OS.HI/c1-6-26(7-2)12-13-27-19-11-9-8-10-18(19)14-23-21(22-5)24-15-20-16(3)25-17(4)28-20;/h8-11H,6-7,12-15H2,1-5H3,(H2,22,23,24);1H. The Balaban J connectivity index is 0.00000420. The van der Waals surface area contributed by atoms with E-state index in [0.29, 0.717) is 13.2 Å². The highest BCUT2D eigenvalue weighted by Crippen LogP contribution is 2.18. The summed E-state index contributed by atoms with van der Waals surface area (Å²) in [6, 6.07) is 8.16. The van der Waals surface area contributed by atoms with Crippen LogP contribution >= 0.6 is 35.3 Å². The number of halogens is 1. The molecule has 0 aliphatic rings. The second-order valence-corrected chi connectivity index (χ2v) is 7.79. The number of guanidine groups is 1. The molecule has 0 radical (unpaired) electrons. The van der Waals surface area contributed by atoms with E-state index in [-0.39, 0.29) is 24.0 Å². The minimum atomic E-state index is 0. The number of benzene rings is 1. The van der Waals surface area contributed by atoms with Crippen LogP contribution in [0.5, 0.6) is 5.75 Å². The van der Waals surface area contributed by atoms with Crippen molar-refractivity contribution >= 4 is 41.3 Å². The van der Waals surface area contributed by atoms with Crippen LogP contribution in [0.25, 0.3) is 0 Å². The van der Waals surface area contributed by atoms with E-state index < -0.39 is 0 Å². The molecular weight excluding hydrogens is 497 g/mol. The zero-order valence-electron chi connectivity index (χ0n) is 18.1. The maximum Gasteiger partial charge on any atom is 0.191 e. The summed E-state index contributed by atoms with van der Waals surface area (Å²) in [6.07, 6.45) is 0. The van der Waals surface area contributed by atoms with Crippen LogP contribution in [0, 0.1) is 13.8 Å². The zero-order valence-corrected chi connectivity index (χ0v) is 21.3. The zero-order chi connectivity index (χ0) is 20.4. The Kier molecular flexibility index (Phi) is 12.2. The van der Waals surface area contributed by atoms with Crippen molar-refractivity contribution in [3.8, 4) is 5.75 Å². The lowest BCUT2D eigenvalue weighted by Gasteiger charge is -2.19. The SMILES string of the molecule is CCN(CC)CCOc1ccccc1CNC(=NC)NCc1sc(C)nc1C.I. The maximum atomic E-state index is 6.04. The van der Waals surface area contributed by atoms with E-state index in [4.69, 9.17) is 4.74 Å². The molecule has 1 aromatic carbocycles. The molecule has 2 rings (SSSR count). The molecule has 0 fully saturated rings. The predicted octanol–water partition coefficient (Wildman–Crippen LogP) is 3.96. The minimum absolute atomic E-state index is 0. The molecule has 0 saturated heterocycles. The molecule has 0 atom stereocenters. The van der Waals surface area contributed by atoms with Crippen LogP contribution in [0.1, 0.15) is 35.0 Å². The molecule has 29 heavy (non-hydrogen) atoms. The van der Waals surface area contributed by atoms with Gasteiger partial charge in [0.25, 0.3) is 0 Å². The van der Waals surface area contributed by atoms with Gasteiger partial charge in [-0.05, 0) is 33.0 Å². The fourth-order valence-corrected chi connectivity index (χ4v) is 3.79. The Labute approximate surface area is 196 Å². The lowest BCUT2D eigenvalue weighted by atomic mass is 10.2. The first-order valence-corrected chi connectivity index (χ1v) is 10.7. The van der Waals surface area contributed by atoms with Gasteiger partial charge in [-0.2, -0.15) is 0 Å². The molecule has 0 amide bonds. The highest BCUT2D eigenvalue weighted by atomic mass is 127. The number of hydrogen-bond donors (Lipinski definition) is 2. The number of nitrogens with one attached hydrogen (secondary N) is 2. The van der Waals surface area contributed by atoms with Gasteiger partial charge in [-0.3, -0.25) is 4.99 Å². The molecule has 0 aliphatic carbocycles. The first-order chi connectivity index (χ1) is 13.6. The third-order valence-corrected chi connectivity index (χ3v) is 5.69. The van der Waals surface area contributed by atoms with Gasteiger partial charge in [-0.15, -0.1) is 35.3 Å². The topological polar surface area (TPSA) is 61.8 Å². The molecule has 162 valence electrons. The summed E-state index contributed by atoms with van der Waals surface area (Å²) in [5.74, 6) is 1.69. The number of nitrogens with zero attached hydrogens (tertiary/aromatic N) is 3. The Hall–Kier alpha value is -1.39. The largest absolute Gasteiger partial charge is 0.492 e. The van der Waals surface area contributed by atoms with Crippen LogP contribution < -0.4 is 15.4 Å². The van der Waals surface area contributed by atoms with Gasteiger partial charge in [0.2, 0.25) is 0 Å². The molecule has 8 heteroatoms. The van der Waals surface area contributed by atoms with Gasteiger partial charge in [0.05, 0.1) is 17.2 Å². The summed E-state index contributed by atoms with van der Waals surface area (Å²) in [6.45, 7) is 13.5. The minimum Gasteiger partial charge on any atom is -0.492 e. The van der Waals surface area contributed by atoms with E-state index in [0.717, 1.165) is 54.2 Å². The number of hydrogen-bond acceptors (Lipinski definition) is 5. The average molecular weight is 532 g/mol. The van der Waals surface area contributed by atoms with Crippen LogP contribution in [0.3, 0.4) is 0 Å². The van der Waals surface area contributed by atoms with Crippen molar-refractivity contribution in [1.82, 2.24) is 20.5 Å². The number of ether oxygens (including phenoxy) is 1. The molecular formula is C21H34IN5OS. The van der Waals surface area contributed by atoms with Crippen molar-refractivity contribution in [2.45, 2.75) is 40.8 Å². The molecule has 0 unspecified atom stereocenters. The predicted molar refractivity (Wildman–Crippen MR) is 134 cm³/mol. The second kappa shape index (κ2) is 13.8. The highest BCUT2D eigenvalue weighted by molar-refractivity contribution is 14.0. The maximum absolute atomic E-state index is 6.04. The van der Waals surface area contributed by atoms with Gasteiger partial charge >= 0.3 is 0 Å². The quantitative estimate of drug-likeness (QED) is 0.276. The molecule has 0 aliphatic heterocycles. The summed E-state index contributed by atoms with van der Waals surface area (Å²) in [7, 11) is 1.78. The number of aryl methyl sites for hydroxylation is 2. The van der Waals surface area contributed by atoms with Crippen LogP contribution in [0.4, 0.5) is 0 Å². The van der Waals surface area contributed by atoms with Crippen molar-refractivity contribution in [3.63, 3.8) is 0 Å². The van der Waals surface area contributed by atoms with E-state index in [2.05, 4.69) is 45.4 Å². The Morgan fingerprint density at radius 2 is 1.83 bits per heavy atom. The normalized spacial score (nSPS) is 11.3. The Morgan fingerprint density at radius 1 is 1.14 bits per heavy atom. The first kappa shape index (κ1) is 25.6. The summed E-state index contributed by atoms with van der Waals surface area (Å²) >= 11 is 1.72. The third-order valence-electron chi connectivity index (χ3n) is 4.62. The number of aromatic nitrogens is 1. The Morgan fingerprint density at radius 3 is 2.45 bits per heavy atom. The molecule has 2 N–H and O–H groups in total. The lowest BCUT2D eigenvalue weighted by Crippen LogP contribution is -2.36. The number of aliphatic imine (C=N–C) groups is 1. The molecule has 0 bridgehead atoms. The average Bonchev–Trinajstić information content (AvgIpc) is 3.03. The Bertz CT molecular complexity index is 761. The van der Waals surface area contributed by atoms with Crippen molar-refractivity contribution < 1.29 is 4.74 Å². The van der Waals surface area contributed by atoms with Crippen LogP contribution in [0.15, 0.2) is 29.3 Å². The van der Waals surface area contributed by atoms with Gasteiger partial charge in [-0.25, -0.2) is 4.98 Å². The van der Waals surface area contributed by atoms with Crippen molar-refractivity contribution in [3.05, 3.63) is 45.4 Å². The van der Waals surface area contributed by atoms with E-state index in [1.807, 2.05) is 32.0 Å². The third kappa shape index (κ3) is 8.47. The summed E-state index contributed by atoms with van der Waals surface area (Å²) in [5.41, 5.74) is 2.20. The number of likely N-dealkylation sites (N-methyl/N-ethyl adjacent to an activating group) is 1. The summed E-state index contributed by atoms with van der Waals surface area (Å²) in [4.78, 5) is 12.4. The number of thiazole rings is 1. The van der Waals surface area contributed by atoms with Gasteiger partial charge < -0.3 is 20.3 Å². The van der Waals surface area contributed by atoms with Crippen LogP contribution in [0.2, 0.25) is 0 Å². The van der Waals surface area contributed by atoms with Crippen LogP contribution in [-0.2, 0) is 13.1 Å². The van der Waals surface area contributed by atoms with Gasteiger partial charge in [0, 0.05) is 30.6 Å². The van der Waals surface area contributed by atoms with Crippen molar-refractivity contribution in [2.75, 3.05) is 33.3 Å². The van der Waals surface area contributed by atoms with Gasteiger partial charge in [0.1, 0.15) is 12.4 Å². The van der Waals surface area contributed by atoms with E-state index >= 15 is 0 Å². The van der Waals surface area contributed by atoms with E-state index in [1.54, 1.807) is 18.4 Å². The molecule has 0 saturated carbocycles. The molecule has 1 aromatic heterocycles. The van der Waals surface area contributed by atoms with Gasteiger partial charge in [0.15, 0.2) is 5.96 Å². The van der Waals surface area contributed by atoms with E-state index in [9.17, 15) is 0 Å². The molecule has 1 heterocycles. The smallest absolute Gasteiger partial charge is 0.191 e. The first-order valence-electron chi connectivity index (χ1n) is 9.87. The van der Waals surface area contributed by atoms with Crippen molar-refractivity contribution in [2.24, 2.45) is 4.99 Å². The summed E-state index contributed by atoms with van der Waals surface area (Å²) in [5, 5.41) is 7.83. The van der Waals surface area contributed by atoms with Crippen LogP contribution in [-0.4, -0.2) is 49.1 Å². The fraction of sp³-hybridized carbons (Fsp3) is 0.524. The second-order valence-electron chi connectivity index (χ2n) is 6.50. The van der Waals surface area contributed by atoms with E-state index in [1.165, 1.54) is 4.88 Å². The van der Waals surface area contributed by atoms with Gasteiger partial charge in [-0.1, -0.05) is 32.0 Å². The fourth-order valence-electron chi connectivity index (χ4n) is 2.92. The highest BCUT2D eigenvalue weighted by Gasteiger charge is 2.08.